The van der Waals surface area contributed by atoms with Crippen LogP contribution >= 0.6 is 0 Å². The van der Waals surface area contributed by atoms with Gasteiger partial charge in [-0.05, 0) is 38.5 Å². The van der Waals surface area contributed by atoms with Gasteiger partial charge in [0.25, 0.3) is 0 Å². The van der Waals surface area contributed by atoms with E-state index < -0.39 is 0 Å². The highest BCUT2D eigenvalue weighted by Gasteiger charge is 2.26. The molecular weight excluding hydrogens is 318 g/mol. The number of hydrogen-bond donors (Lipinski definition) is 2. The van der Waals surface area contributed by atoms with Crippen molar-refractivity contribution in [3.05, 3.63) is 24.4 Å². The number of carbonyl (C=O) groups excluding carboxylic acids is 2. The lowest BCUT2D eigenvalue weighted by atomic mass is 10.2. The molecule has 2 heterocycles. The van der Waals surface area contributed by atoms with Crippen molar-refractivity contribution in [2.75, 3.05) is 18.4 Å². The van der Waals surface area contributed by atoms with E-state index in [0.29, 0.717) is 25.6 Å². The molecule has 1 aromatic heterocycles. The minimum absolute atomic E-state index is 0.00271. The van der Waals surface area contributed by atoms with E-state index in [1.807, 2.05) is 36.0 Å². The minimum atomic E-state index is -0.244. The monoisotopic (exact) mass is 343 g/mol. The van der Waals surface area contributed by atoms with Crippen LogP contribution in [0.5, 0.6) is 0 Å². The third-order valence-electron chi connectivity index (χ3n) is 4.49. The van der Waals surface area contributed by atoms with E-state index in [9.17, 15) is 9.59 Å². The van der Waals surface area contributed by atoms with Crippen molar-refractivity contribution in [1.82, 2.24) is 20.0 Å². The highest BCUT2D eigenvalue weighted by molar-refractivity contribution is 5.92. The van der Waals surface area contributed by atoms with Crippen LogP contribution in [-0.2, 0) is 4.79 Å². The van der Waals surface area contributed by atoms with E-state index in [2.05, 4.69) is 29.6 Å². The summed E-state index contributed by atoms with van der Waals surface area (Å²) in [6, 6.07) is 5.72. The number of carbonyl (C=O) groups is 2. The van der Waals surface area contributed by atoms with Gasteiger partial charge < -0.3 is 15.5 Å². The molecule has 1 aliphatic heterocycles. The Morgan fingerprint density at radius 3 is 2.88 bits per heavy atom. The molecule has 7 nitrogen and oxygen atoms in total. The Kier molecular flexibility index (Phi) is 4.92. The lowest BCUT2D eigenvalue weighted by Crippen LogP contribution is -2.40. The number of anilines is 1. The van der Waals surface area contributed by atoms with Gasteiger partial charge in [-0.3, -0.25) is 9.48 Å². The van der Waals surface area contributed by atoms with Gasteiger partial charge in [-0.2, -0.15) is 5.10 Å². The average Bonchev–Trinajstić information content (AvgIpc) is 3.20. The minimum Gasteiger partial charge on any atom is -0.341 e. The largest absolute Gasteiger partial charge is 0.341 e. The van der Waals surface area contributed by atoms with Crippen molar-refractivity contribution in [3.63, 3.8) is 0 Å². The number of amides is 3. The zero-order chi connectivity index (χ0) is 18.0. The van der Waals surface area contributed by atoms with Gasteiger partial charge in [-0.15, -0.1) is 0 Å². The van der Waals surface area contributed by atoms with Gasteiger partial charge in [0.2, 0.25) is 5.91 Å². The Morgan fingerprint density at radius 1 is 1.36 bits per heavy atom. The van der Waals surface area contributed by atoms with E-state index in [1.54, 1.807) is 4.90 Å². The molecule has 3 rings (SSSR count). The quantitative estimate of drug-likeness (QED) is 0.896. The molecule has 1 aliphatic rings. The molecule has 1 unspecified atom stereocenters. The molecule has 1 saturated heterocycles. The van der Waals surface area contributed by atoms with Gasteiger partial charge in [0.05, 0.1) is 5.52 Å². The maximum Gasteiger partial charge on any atom is 0.319 e. The molecular formula is C18H25N5O2. The standard InChI is InChI=1S/C18H25N5O2/c1-4-17(24)22-8-7-15(11-22)20-18(25)19-14-5-6-16-13(9-14)10-23(21-16)12(2)3/h5-6,9-10,12,15H,4,7-8,11H2,1-3H3,(H2,19,20,25). The number of fused-ring (bicyclic) bond motifs is 1. The normalized spacial score (nSPS) is 17.3. The highest BCUT2D eigenvalue weighted by atomic mass is 16.2. The van der Waals surface area contributed by atoms with Crippen LogP contribution in [0.1, 0.15) is 39.7 Å². The van der Waals surface area contributed by atoms with Crippen molar-refractivity contribution < 1.29 is 9.59 Å². The molecule has 1 atom stereocenters. The van der Waals surface area contributed by atoms with Crippen molar-refractivity contribution in [3.8, 4) is 0 Å². The van der Waals surface area contributed by atoms with Crippen molar-refractivity contribution >= 4 is 28.5 Å². The SMILES string of the molecule is CCC(=O)N1CCC(NC(=O)Nc2ccc3nn(C(C)C)cc3c2)C1. The maximum atomic E-state index is 12.2. The van der Waals surface area contributed by atoms with Gasteiger partial charge in [-0.1, -0.05) is 6.92 Å². The predicted octanol–water partition coefficient (Wildman–Crippen LogP) is 2.75. The molecule has 1 aromatic carbocycles. The molecule has 0 aliphatic carbocycles. The first-order valence-electron chi connectivity index (χ1n) is 8.80. The number of hydrogen-bond acceptors (Lipinski definition) is 3. The Bertz CT molecular complexity index is 783. The second-order valence-electron chi connectivity index (χ2n) is 6.75. The summed E-state index contributed by atoms with van der Waals surface area (Å²) in [6.07, 6.45) is 3.27. The van der Waals surface area contributed by atoms with Crippen molar-refractivity contribution in [1.29, 1.82) is 0 Å². The van der Waals surface area contributed by atoms with E-state index in [0.717, 1.165) is 23.0 Å². The molecule has 1 fully saturated rings. The summed E-state index contributed by atoms with van der Waals surface area (Å²) in [5, 5.41) is 11.3. The highest BCUT2D eigenvalue weighted by Crippen LogP contribution is 2.20. The smallest absolute Gasteiger partial charge is 0.319 e. The van der Waals surface area contributed by atoms with E-state index in [4.69, 9.17) is 0 Å². The average molecular weight is 343 g/mol. The summed E-state index contributed by atoms with van der Waals surface area (Å²) in [5.41, 5.74) is 1.64. The van der Waals surface area contributed by atoms with Crippen LogP contribution in [0.25, 0.3) is 10.9 Å². The van der Waals surface area contributed by atoms with E-state index in [-0.39, 0.29) is 18.0 Å². The lowest BCUT2D eigenvalue weighted by Gasteiger charge is -2.16. The molecule has 0 spiro atoms. The molecule has 134 valence electrons. The van der Waals surface area contributed by atoms with Crippen LogP contribution in [0, 0.1) is 0 Å². The van der Waals surface area contributed by atoms with Gasteiger partial charge in [-0.25, -0.2) is 4.79 Å². The Balaban J connectivity index is 1.59. The summed E-state index contributed by atoms with van der Waals surface area (Å²) >= 11 is 0. The van der Waals surface area contributed by atoms with Gasteiger partial charge in [0.15, 0.2) is 0 Å². The first kappa shape index (κ1) is 17.3. The Morgan fingerprint density at radius 2 is 2.16 bits per heavy atom. The fraction of sp³-hybridized carbons (Fsp3) is 0.500. The van der Waals surface area contributed by atoms with Gasteiger partial charge >= 0.3 is 6.03 Å². The van der Waals surface area contributed by atoms with Gasteiger partial charge in [0, 0.05) is 48.9 Å². The zero-order valence-corrected chi connectivity index (χ0v) is 15.0. The molecule has 0 bridgehead atoms. The number of aromatic nitrogens is 2. The molecule has 0 saturated carbocycles. The Labute approximate surface area is 147 Å². The van der Waals surface area contributed by atoms with E-state index >= 15 is 0 Å². The Hall–Kier alpha value is -2.57. The van der Waals surface area contributed by atoms with Crippen molar-refractivity contribution in [2.45, 2.75) is 45.7 Å². The number of likely N-dealkylation sites (tertiary alicyclic amines) is 1. The summed E-state index contributed by atoms with van der Waals surface area (Å²) in [6.45, 7) is 7.30. The summed E-state index contributed by atoms with van der Waals surface area (Å²) in [5.74, 6) is 0.136. The van der Waals surface area contributed by atoms with Crippen LogP contribution in [-0.4, -0.2) is 45.8 Å². The molecule has 0 radical (unpaired) electrons. The number of nitrogens with one attached hydrogen (secondary N) is 2. The number of nitrogens with zero attached hydrogens (tertiary/aromatic N) is 3. The topological polar surface area (TPSA) is 79.3 Å². The third kappa shape index (κ3) is 3.92. The second-order valence-corrected chi connectivity index (χ2v) is 6.75. The summed E-state index contributed by atoms with van der Waals surface area (Å²) < 4.78 is 1.91. The fourth-order valence-electron chi connectivity index (χ4n) is 3.07. The fourth-order valence-corrected chi connectivity index (χ4v) is 3.07. The molecule has 2 aromatic rings. The first-order chi connectivity index (χ1) is 12.0. The van der Waals surface area contributed by atoms with E-state index in [1.165, 1.54) is 0 Å². The molecule has 2 N–H and O–H groups in total. The van der Waals surface area contributed by atoms with Crippen LogP contribution in [0.2, 0.25) is 0 Å². The first-order valence-corrected chi connectivity index (χ1v) is 8.80. The maximum absolute atomic E-state index is 12.2. The van der Waals surface area contributed by atoms with Crippen LogP contribution < -0.4 is 10.6 Å². The van der Waals surface area contributed by atoms with Crippen molar-refractivity contribution in [2.24, 2.45) is 0 Å². The summed E-state index contributed by atoms with van der Waals surface area (Å²) in [4.78, 5) is 25.7. The lowest BCUT2D eigenvalue weighted by molar-refractivity contribution is -0.129. The third-order valence-corrected chi connectivity index (χ3v) is 4.49. The van der Waals surface area contributed by atoms with Crippen LogP contribution in [0.3, 0.4) is 0 Å². The zero-order valence-electron chi connectivity index (χ0n) is 15.0. The molecule has 25 heavy (non-hydrogen) atoms. The number of urea groups is 1. The molecule has 3 amide bonds. The summed E-state index contributed by atoms with van der Waals surface area (Å²) in [7, 11) is 0. The van der Waals surface area contributed by atoms with Crippen LogP contribution in [0.15, 0.2) is 24.4 Å². The number of benzene rings is 1. The van der Waals surface area contributed by atoms with Gasteiger partial charge in [0.1, 0.15) is 0 Å². The number of rotatable bonds is 4. The second kappa shape index (κ2) is 7.13. The predicted molar refractivity (Wildman–Crippen MR) is 97.5 cm³/mol. The molecule has 7 heteroatoms. The van der Waals surface area contributed by atoms with Crippen LogP contribution in [0.4, 0.5) is 10.5 Å².